The molecule has 0 fully saturated rings. The Morgan fingerprint density at radius 2 is 1.18 bits per heavy atom. The molecule has 38 heavy (non-hydrogen) atoms. The summed E-state index contributed by atoms with van der Waals surface area (Å²) in [5.74, 6) is 0.773. The van der Waals surface area contributed by atoms with Gasteiger partial charge < -0.3 is 14.8 Å². The van der Waals surface area contributed by atoms with E-state index >= 15 is 0 Å². The van der Waals surface area contributed by atoms with Crippen LogP contribution in [-0.2, 0) is 4.79 Å². The van der Waals surface area contributed by atoms with Gasteiger partial charge in [-0.3, -0.25) is 4.79 Å². The van der Waals surface area contributed by atoms with Crippen molar-refractivity contribution in [3.05, 3.63) is 66.4 Å². The smallest absolute Gasteiger partial charge is 0.343 e. The minimum atomic E-state index is -0.416. The normalized spacial score (nSPS) is 11.0. The van der Waals surface area contributed by atoms with E-state index in [2.05, 4.69) is 12.2 Å². The number of rotatable bonds is 21. The molecule has 0 amide bonds. The van der Waals surface area contributed by atoms with Crippen molar-refractivity contribution in [2.75, 3.05) is 11.9 Å². The summed E-state index contributed by atoms with van der Waals surface area (Å²) in [6, 6.07) is 14.1. The average molecular weight is 522 g/mol. The first-order valence-electron chi connectivity index (χ1n) is 14.6. The van der Waals surface area contributed by atoms with E-state index in [0.29, 0.717) is 17.9 Å². The molecule has 0 radical (unpaired) electrons. The Kier molecular flexibility index (Phi) is 16.4. The summed E-state index contributed by atoms with van der Waals surface area (Å²) in [5, 5.41) is 2.99. The quantitative estimate of drug-likeness (QED) is 0.0767. The van der Waals surface area contributed by atoms with Gasteiger partial charge >= 0.3 is 5.97 Å². The third-order valence-corrected chi connectivity index (χ3v) is 6.49. The monoisotopic (exact) mass is 521 g/mol. The van der Waals surface area contributed by atoms with E-state index in [9.17, 15) is 9.59 Å². The third kappa shape index (κ3) is 14.6. The highest BCUT2D eigenvalue weighted by Gasteiger charge is 2.09. The van der Waals surface area contributed by atoms with Gasteiger partial charge in [-0.1, -0.05) is 90.4 Å². The first kappa shape index (κ1) is 31.1. The van der Waals surface area contributed by atoms with Crippen LogP contribution in [-0.4, -0.2) is 18.4 Å². The van der Waals surface area contributed by atoms with Crippen molar-refractivity contribution in [3.63, 3.8) is 0 Å². The number of carbonyl (C=O) groups excluding carboxylic acids is 2. The lowest BCUT2D eigenvalue weighted by Crippen LogP contribution is -2.08. The molecule has 0 aliphatic rings. The highest BCUT2D eigenvalue weighted by molar-refractivity contribution is 5.91. The summed E-state index contributed by atoms with van der Waals surface area (Å²) < 4.78 is 11.3. The fourth-order valence-corrected chi connectivity index (χ4v) is 4.21. The van der Waals surface area contributed by atoms with Gasteiger partial charge in [0.05, 0.1) is 12.2 Å². The zero-order valence-corrected chi connectivity index (χ0v) is 23.5. The van der Waals surface area contributed by atoms with E-state index in [1.807, 2.05) is 12.1 Å². The topological polar surface area (TPSA) is 64.6 Å². The predicted molar refractivity (Wildman–Crippen MR) is 157 cm³/mol. The molecule has 0 unspecified atom stereocenters. The minimum absolute atomic E-state index is 0.0331. The largest absolute Gasteiger partial charge is 0.494 e. The molecule has 0 heterocycles. The Hall–Kier alpha value is -3.08. The van der Waals surface area contributed by atoms with Crippen LogP contribution in [0.5, 0.6) is 11.5 Å². The molecule has 2 aromatic carbocycles. The number of ether oxygens (including phenoxy) is 2. The standard InChI is InChI=1S/C33H47NO4/c1-3-4-5-6-7-8-9-10-11-12-13-14-15-16-27-37-31-21-17-29(18-22-31)33(36)38-32-23-19-30(20-24-32)34-26-25-28(2)35/h17-26,34H,3-16,27H2,1-2H3/b26-25-. The van der Waals surface area contributed by atoms with Gasteiger partial charge in [0.15, 0.2) is 5.78 Å². The van der Waals surface area contributed by atoms with Gasteiger partial charge in [-0.25, -0.2) is 4.79 Å². The maximum absolute atomic E-state index is 12.4. The maximum Gasteiger partial charge on any atom is 0.343 e. The molecule has 0 atom stereocenters. The number of esters is 1. The summed E-state index contributed by atoms with van der Waals surface area (Å²) in [4.78, 5) is 23.4. The fourth-order valence-electron chi connectivity index (χ4n) is 4.21. The Morgan fingerprint density at radius 1 is 0.684 bits per heavy atom. The molecule has 0 bridgehead atoms. The zero-order chi connectivity index (χ0) is 27.3. The van der Waals surface area contributed by atoms with Crippen LogP contribution in [0.2, 0.25) is 0 Å². The number of anilines is 1. The number of ketones is 1. The molecule has 208 valence electrons. The van der Waals surface area contributed by atoms with Crippen LogP contribution in [0.3, 0.4) is 0 Å². The Labute approximate surface area is 230 Å². The van der Waals surface area contributed by atoms with Crippen LogP contribution < -0.4 is 14.8 Å². The van der Waals surface area contributed by atoms with Crippen molar-refractivity contribution in [1.29, 1.82) is 0 Å². The van der Waals surface area contributed by atoms with Crippen LogP contribution in [0.25, 0.3) is 0 Å². The number of allylic oxidation sites excluding steroid dienone is 1. The maximum atomic E-state index is 12.4. The molecular weight excluding hydrogens is 474 g/mol. The fraction of sp³-hybridized carbons (Fsp3) is 0.515. The Balaban J connectivity index is 1.52. The van der Waals surface area contributed by atoms with E-state index in [-0.39, 0.29) is 5.78 Å². The van der Waals surface area contributed by atoms with Crippen LogP contribution in [0, 0.1) is 0 Å². The molecule has 0 saturated carbocycles. The molecule has 2 aromatic rings. The second kappa shape index (κ2) is 20.0. The van der Waals surface area contributed by atoms with Crippen molar-refractivity contribution in [2.24, 2.45) is 0 Å². The summed E-state index contributed by atoms with van der Waals surface area (Å²) in [6.45, 7) is 4.46. The van der Waals surface area contributed by atoms with E-state index in [0.717, 1.165) is 17.9 Å². The lowest BCUT2D eigenvalue weighted by atomic mass is 10.0. The summed E-state index contributed by atoms with van der Waals surface area (Å²) >= 11 is 0. The second-order valence-electron chi connectivity index (χ2n) is 9.97. The van der Waals surface area contributed by atoms with E-state index < -0.39 is 5.97 Å². The van der Waals surface area contributed by atoms with Crippen LogP contribution in [0.15, 0.2) is 60.8 Å². The lowest BCUT2D eigenvalue weighted by Gasteiger charge is -2.08. The van der Waals surface area contributed by atoms with Crippen molar-refractivity contribution in [3.8, 4) is 11.5 Å². The van der Waals surface area contributed by atoms with E-state index in [1.165, 1.54) is 96.5 Å². The van der Waals surface area contributed by atoms with Gasteiger partial charge in [-0.2, -0.15) is 0 Å². The van der Waals surface area contributed by atoms with Crippen LogP contribution >= 0.6 is 0 Å². The number of benzene rings is 2. The number of hydrogen-bond acceptors (Lipinski definition) is 5. The molecule has 0 aromatic heterocycles. The van der Waals surface area contributed by atoms with E-state index in [4.69, 9.17) is 9.47 Å². The molecule has 0 spiro atoms. The van der Waals surface area contributed by atoms with Crippen molar-refractivity contribution >= 4 is 17.4 Å². The molecular formula is C33H47NO4. The third-order valence-electron chi connectivity index (χ3n) is 6.49. The summed E-state index contributed by atoms with van der Waals surface area (Å²) in [5.41, 5.74) is 1.27. The number of nitrogens with one attached hydrogen (secondary N) is 1. The van der Waals surface area contributed by atoms with Gasteiger partial charge in [0.2, 0.25) is 0 Å². The number of unbranched alkanes of at least 4 members (excludes halogenated alkanes) is 13. The van der Waals surface area contributed by atoms with Gasteiger partial charge in [0, 0.05) is 11.9 Å². The Morgan fingerprint density at radius 3 is 1.71 bits per heavy atom. The molecule has 0 aliphatic carbocycles. The molecule has 1 N–H and O–H groups in total. The first-order chi connectivity index (χ1) is 18.6. The molecule has 0 saturated heterocycles. The lowest BCUT2D eigenvalue weighted by molar-refractivity contribution is -0.112. The number of hydrogen-bond donors (Lipinski definition) is 1. The van der Waals surface area contributed by atoms with Gasteiger partial charge in [0.1, 0.15) is 11.5 Å². The molecule has 5 nitrogen and oxygen atoms in total. The highest BCUT2D eigenvalue weighted by Crippen LogP contribution is 2.19. The summed E-state index contributed by atoms with van der Waals surface area (Å²) in [6.07, 6.45) is 21.8. The summed E-state index contributed by atoms with van der Waals surface area (Å²) in [7, 11) is 0. The highest BCUT2D eigenvalue weighted by atomic mass is 16.5. The van der Waals surface area contributed by atoms with Crippen LogP contribution in [0.4, 0.5) is 5.69 Å². The van der Waals surface area contributed by atoms with Crippen LogP contribution in [0.1, 0.15) is 114 Å². The van der Waals surface area contributed by atoms with Gasteiger partial charge in [0.25, 0.3) is 0 Å². The molecule has 0 aliphatic heterocycles. The van der Waals surface area contributed by atoms with Gasteiger partial charge in [-0.15, -0.1) is 0 Å². The number of carbonyl (C=O) groups is 2. The minimum Gasteiger partial charge on any atom is -0.494 e. The Bertz CT molecular complexity index is 934. The zero-order valence-electron chi connectivity index (χ0n) is 23.5. The van der Waals surface area contributed by atoms with E-state index in [1.54, 1.807) is 42.6 Å². The van der Waals surface area contributed by atoms with Crippen molar-refractivity contribution < 1.29 is 19.1 Å². The molecule has 5 heteroatoms. The van der Waals surface area contributed by atoms with Crippen molar-refractivity contribution in [2.45, 2.75) is 104 Å². The SMILES string of the molecule is CCCCCCCCCCCCCCCCOc1ccc(C(=O)Oc2ccc(N/C=C\C(C)=O)cc2)cc1. The first-order valence-corrected chi connectivity index (χ1v) is 14.6. The average Bonchev–Trinajstić information content (AvgIpc) is 2.92. The van der Waals surface area contributed by atoms with Crippen molar-refractivity contribution in [1.82, 2.24) is 0 Å². The second-order valence-corrected chi connectivity index (χ2v) is 9.97. The predicted octanol–water partition coefficient (Wildman–Crippen LogP) is 9.28. The van der Waals surface area contributed by atoms with Gasteiger partial charge in [-0.05, 0) is 68.0 Å². The molecule has 2 rings (SSSR count).